The maximum absolute atomic E-state index is 12.1. The first-order valence-corrected chi connectivity index (χ1v) is 8.33. The van der Waals surface area contributed by atoms with Gasteiger partial charge in [-0.2, -0.15) is 0 Å². The Morgan fingerprint density at radius 1 is 1.29 bits per heavy atom. The van der Waals surface area contributed by atoms with Crippen LogP contribution in [0.4, 0.5) is 5.69 Å². The van der Waals surface area contributed by atoms with Gasteiger partial charge in [0.25, 0.3) is 0 Å². The van der Waals surface area contributed by atoms with E-state index in [9.17, 15) is 13.2 Å². The minimum atomic E-state index is -3.44. The van der Waals surface area contributed by atoms with E-state index in [4.69, 9.17) is 0 Å². The first-order chi connectivity index (χ1) is 9.82. The molecule has 0 saturated carbocycles. The second-order valence-electron chi connectivity index (χ2n) is 5.44. The number of carbonyl (C=O) groups is 1. The Kier molecular flexibility index (Phi) is 4.65. The van der Waals surface area contributed by atoms with E-state index >= 15 is 0 Å². The van der Waals surface area contributed by atoms with E-state index in [1.54, 1.807) is 12.1 Å². The van der Waals surface area contributed by atoms with Crippen LogP contribution in [0.2, 0.25) is 0 Å². The molecule has 2 rings (SSSR count). The van der Waals surface area contributed by atoms with Crippen LogP contribution in [0.1, 0.15) is 13.3 Å². The Morgan fingerprint density at radius 3 is 2.38 bits per heavy atom. The van der Waals surface area contributed by atoms with Gasteiger partial charge in [0, 0.05) is 25.8 Å². The molecule has 116 valence electrons. The van der Waals surface area contributed by atoms with Crippen LogP contribution in [0.5, 0.6) is 0 Å². The molecule has 0 spiro atoms. The number of hydrogen-bond acceptors (Lipinski definition) is 4. The molecule has 2 atom stereocenters. The van der Waals surface area contributed by atoms with Gasteiger partial charge in [0.15, 0.2) is 0 Å². The molecule has 6 nitrogen and oxygen atoms in total. The van der Waals surface area contributed by atoms with Crippen molar-refractivity contribution < 1.29 is 13.2 Å². The van der Waals surface area contributed by atoms with Gasteiger partial charge < -0.3 is 10.6 Å². The molecule has 2 N–H and O–H groups in total. The predicted octanol–water partition coefficient (Wildman–Crippen LogP) is 0.873. The molecule has 7 heteroatoms. The summed E-state index contributed by atoms with van der Waals surface area (Å²) in [5.74, 6) is -0.0779. The summed E-state index contributed by atoms with van der Waals surface area (Å²) in [5.41, 5.74) is 0.608. The lowest BCUT2D eigenvalue weighted by atomic mass is 10.0. The third kappa shape index (κ3) is 3.42. The Hall–Kier alpha value is -1.44. The summed E-state index contributed by atoms with van der Waals surface area (Å²) < 4.78 is 25.1. The molecule has 1 aliphatic rings. The first-order valence-electron chi connectivity index (χ1n) is 6.89. The Labute approximate surface area is 125 Å². The summed E-state index contributed by atoms with van der Waals surface area (Å²) in [4.78, 5) is 12.3. The van der Waals surface area contributed by atoms with Crippen LogP contribution in [0.15, 0.2) is 29.2 Å². The van der Waals surface area contributed by atoms with Crippen LogP contribution in [0.3, 0.4) is 0 Å². The number of amides is 1. The van der Waals surface area contributed by atoms with E-state index in [0.29, 0.717) is 5.69 Å². The summed E-state index contributed by atoms with van der Waals surface area (Å²) >= 11 is 0. The Bertz CT molecular complexity index is 611. The zero-order valence-electron chi connectivity index (χ0n) is 12.5. The minimum Gasteiger partial charge on any atom is -0.326 e. The largest absolute Gasteiger partial charge is 0.326 e. The summed E-state index contributed by atoms with van der Waals surface area (Å²) in [6, 6.07) is 6.39. The van der Waals surface area contributed by atoms with Gasteiger partial charge in [0.2, 0.25) is 15.9 Å². The van der Waals surface area contributed by atoms with Crippen LogP contribution >= 0.6 is 0 Å². The van der Waals surface area contributed by atoms with E-state index in [1.807, 2.05) is 6.92 Å². The van der Waals surface area contributed by atoms with Crippen molar-refractivity contribution in [1.82, 2.24) is 9.62 Å². The van der Waals surface area contributed by atoms with Gasteiger partial charge >= 0.3 is 0 Å². The van der Waals surface area contributed by atoms with Gasteiger partial charge in [0.05, 0.1) is 10.8 Å². The number of carbonyl (C=O) groups excluding carboxylic acids is 1. The molecule has 1 aromatic carbocycles. The van der Waals surface area contributed by atoms with Crippen molar-refractivity contribution in [1.29, 1.82) is 0 Å². The molecule has 1 heterocycles. The lowest BCUT2D eigenvalue weighted by Gasteiger charge is -2.15. The highest BCUT2D eigenvalue weighted by atomic mass is 32.2. The number of rotatable bonds is 4. The summed E-state index contributed by atoms with van der Waals surface area (Å²) in [5, 5.41) is 6.07. The number of nitrogens with one attached hydrogen (secondary N) is 2. The molecule has 1 saturated heterocycles. The standard InChI is InChI=1S/C14H21N3O3S/c1-10-13(8-9-15-10)14(18)16-11-4-6-12(7-5-11)21(19,20)17(2)3/h4-7,10,13,15H,8-9H2,1-3H3,(H,16,18). The van der Waals surface area contributed by atoms with Gasteiger partial charge in [-0.1, -0.05) is 0 Å². The van der Waals surface area contributed by atoms with Crippen molar-refractivity contribution in [3.63, 3.8) is 0 Å². The van der Waals surface area contributed by atoms with Crippen LogP contribution in [-0.4, -0.2) is 45.3 Å². The van der Waals surface area contributed by atoms with Gasteiger partial charge in [0.1, 0.15) is 0 Å². The quantitative estimate of drug-likeness (QED) is 0.865. The molecule has 0 aromatic heterocycles. The normalized spacial score (nSPS) is 22.5. The van der Waals surface area contributed by atoms with Crippen molar-refractivity contribution >= 4 is 21.6 Å². The molecule has 1 aliphatic heterocycles. The van der Waals surface area contributed by atoms with Gasteiger partial charge in [-0.15, -0.1) is 0 Å². The average Bonchev–Trinajstić information content (AvgIpc) is 2.85. The zero-order valence-corrected chi connectivity index (χ0v) is 13.3. The highest BCUT2D eigenvalue weighted by molar-refractivity contribution is 7.89. The fourth-order valence-electron chi connectivity index (χ4n) is 2.37. The molecule has 0 aliphatic carbocycles. The van der Waals surface area contributed by atoms with E-state index in [0.717, 1.165) is 17.3 Å². The summed E-state index contributed by atoms with van der Waals surface area (Å²) in [6.45, 7) is 2.84. The van der Waals surface area contributed by atoms with Crippen molar-refractivity contribution in [2.24, 2.45) is 5.92 Å². The van der Waals surface area contributed by atoms with E-state index in [-0.39, 0.29) is 22.8 Å². The Balaban J connectivity index is 2.08. The molecule has 0 radical (unpaired) electrons. The molecule has 21 heavy (non-hydrogen) atoms. The lowest BCUT2D eigenvalue weighted by molar-refractivity contribution is -0.120. The van der Waals surface area contributed by atoms with Crippen molar-refractivity contribution in [3.05, 3.63) is 24.3 Å². The van der Waals surface area contributed by atoms with Crippen molar-refractivity contribution in [2.45, 2.75) is 24.3 Å². The predicted molar refractivity (Wildman–Crippen MR) is 81.5 cm³/mol. The third-order valence-corrected chi connectivity index (χ3v) is 5.59. The minimum absolute atomic E-state index is 0.0317. The monoisotopic (exact) mass is 311 g/mol. The second-order valence-corrected chi connectivity index (χ2v) is 7.59. The maximum Gasteiger partial charge on any atom is 0.242 e. The van der Waals surface area contributed by atoms with Crippen LogP contribution < -0.4 is 10.6 Å². The zero-order chi connectivity index (χ0) is 15.6. The van der Waals surface area contributed by atoms with Gasteiger partial charge in [-0.3, -0.25) is 4.79 Å². The number of benzene rings is 1. The highest BCUT2D eigenvalue weighted by Gasteiger charge is 2.29. The number of nitrogens with zero attached hydrogens (tertiary/aromatic N) is 1. The fraction of sp³-hybridized carbons (Fsp3) is 0.500. The third-order valence-electron chi connectivity index (χ3n) is 3.76. The van der Waals surface area contributed by atoms with Crippen LogP contribution in [0.25, 0.3) is 0 Å². The molecule has 2 unspecified atom stereocenters. The lowest BCUT2D eigenvalue weighted by Crippen LogP contribution is -2.32. The van der Waals surface area contributed by atoms with E-state index in [1.165, 1.54) is 26.2 Å². The summed E-state index contributed by atoms with van der Waals surface area (Å²) in [7, 11) is -0.465. The molecule has 1 amide bonds. The van der Waals surface area contributed by atoms with Gasteiger partial charge in [-0.05, 0) is 44.2 Å². The molecule has 1 aromatic rings. The smallest absolute Gasteiger partial charge is 0.242 e. The second kappa shape index (κ2) is 6.13. The average molecular weight is 311 g/mol. The molecule has 1 fully saturated rings. The molecule has 0 bridgehead atoms. The number of hydrogen-bond donors (Lipinski definition) is 2. The van der Waals surface area contributed by atoms with Gasteiger partial charge in [-0.25, -0.2) is 12.7 Å². The van der Waals surface area contributed by atoms with Crippen molar-refractivity contribution in [3.8, 4) is 0 Å². The van der Waals surface area contributed by atoms with Crippen molar-refractivity contribution in [2.75, 3.05) is 26.0 Å². The first kappa shape index (κ1) is 15.9. The highest BCUT2D eigenvalue weighted by Crippen LogP contribution is 2.20. The van der Waals surface area contributed by atoms with E-state index in [2.05, 4.69) is 10.6 Å². The Morgan fingerprint density at radius 2 is 1.90 bits per heavy atom. The number of sulfonamides is 1. The maximum atomic E-state index is 12.1. The fourth-order valence-corrected chi connectivity index (χ4v) is 3.27. The summed E-state index contributed by atoms with van der Waals surface area (Å²) in [6.07, 6.45) is 0.820. The topological polar surface area (TPSA) is 78.5 Å². The van der Waals surface area contributed by atoms with Crippen LogP contribution in [-0.2, 0) is 14.8 Å². The molecular formula is C14H21N3O3S. The SMILES string of the molecule is CC1NCCC1C(=O)Nc1ccc(S(=O)(=O)N(C)C)cc1. The van der Waals surface area contributed by atoms with E-state index < -0.39 is 10.0 Å². The number of anilines is 1. The van der Waals surface area contributed by atoms with Crippen LogP contribution in [0, 0.1) is 5.92 Å². The molecular weight excluding hydrogens is 290 g/mol.